The Kier molecular flexibility index (Phi) is 15.5. The average Bonchev–Trinajstić information content (AvgIpc) is 3.29. The standard InChI is InChI=1S/C20H36O6.C9H14N2S/c1-13-8-6-9-15(25-5)10-7-11-26-17(22)12-16(21)20(3,4)19(24)14(2)18(13)23;1-7(2)5-8-6-12-9(11-8)3-4-10/h13-16,18,21,23H,6-12H2,1-5H3;5-6H,3-4,10H2,1-2H3/t13-,14?,15-,16-,18-;/m0./s1. The third-order valence-corrected chi connectivity index (χ3v) is 8.08. The largest absolute Gasteiger partial charge is 0.466 e. The van der Waals surface area contributed by atoms with Gasteiger partial charge in [0.05, 0.1) is 47.5 Å². The zero-order valence-corrected chi connectivity index (χ0v) is 25.2. The van der Waals surface area contributed by atoms with Crippen LogP contribution in [0.1, 0.15) is 90.8 Å². The molecule has 1 saturated heterocycles. The minimum absolute atomic E-state index is 0.0303. The molecule has 0 radical (unpaired) electrons. The van der Waals surface area contributed by atoms with Crippen molar-refractivity contribution in [2.24, 2.45) is 23.0 Å². The van der Waals surface area contributed by atoms with Crippen LogP contribution in [0.4, 0.5) is 0 Å². The van der Waals surface area contributed by atoms with E-state index in [0.717, 1.165) is 42.8 Å². The van der Waals surface area contributed by atoms with Gasteiger partial charge in [-0.2, -0.15) is 0 Å². The van der Waals surface area contributed by atoms with Gasteiger partial charge in [0.2, 0.25) is 0 Å². The number of hydrogen-bond donors (Lipinski definition) is 3. The maximum atomic E-state index is 12.8. The molecule has 1 aliphatic rings. The molecule has 1 aromatic rings. The number of allylic oxidation sites excluding steroid dienone is 1. The van der Waals surface area contributed by atoms with E-state index in [2.05, 4.69) is 30.3 Å². The molecule has 5 atom stereocenters. The van der Waals surface area contributed by atoms with Crippen molar-refractivity contribution in [2.75, 3.05) is 20.3 Å². The molecule has 8 nitrogen and oxygen atoms in total. The number of cyclic esters (lactones) is 1. The molecule has 1 aliphatic heterocycles. The summed E-state index contributed by atoms with van der Waals surface area (Å²) in [4.78, 5) is 29.2. The van der Waals surface area contributed by atoms with Gasteiger partial charge in [0.1, 0.15) is 5.78 Å². The number of Topliss-reactive ketones (excluding diaryl/α,β-unsaturated/α-hetero) is 1. The lowest BCUT2D eigenvalue weighted by molar-refractivity contribution is -0.151. The predicted molar refractivity (Wildman–Crippen MR) is 153 cm³/mol. The van der Waals surface area contributed by atoms with Crippen molar-refractivity contribution >= 4 is 29.2 Å². The highest BCUT2D eigenvalue weighted by Crippen LogP contribution is 2.32. The zero-order chi connectivity index (χ0) is 28.9. The van der Waals surface area contributed by atoms with Gasteiger partial charge in [-0.05, 0) is 58.1 Å². The second-order valence-corrected chi connectivity index (χ2v) is 12.1. The highest BCUT2D eigenvalue weighted by Gasteiger charge is 2.42. The topological polar surface area (TPSA) is 132 Å². The van der Waals surface area contributed by atoms with Crippen molar-refractivity contribution in [3.05, 3.63) is 21.7 Å². The predicted octanol–water partition coefficient (Wildman–Crippen LogP) is 4.56. The molecular formula is C29H50N2O6S. The quantitative estimate of drug-likeness (QED) is 0.462. The molecule has 4 N–H and O–H groups in total. The van der Waals surface area contributed by atoms with Crippen LogP contribution >= 0.6 is 11.3 Å². The molecule has 1 unspecified atom stereocenters. The SMILES string of the molecule is CC(C)=Cc1csc(CCN)n1.CO[C@@H]1CCCOC(=O)C[C@H](O)C(C)(C)C(=O)C(C)[C@@H](O)[C@@H](C)CCC1. The molecule has 1 aromatic heterocycles. The normalized spacial score (nSPS) is 27.6. The molecule has 218 valence electrons. The third kappa shape index (κ3) is 11.6. The molecule has 1 fully saturated rings. The number of thiazole rings is 1. The molecule has 2 rings (SSSR count). The number of esters is 1. The van der Waals surface area contributed by atoms with Gasteiger partial charge < -0.3 is 25.4 Å². The van der Waals surface area contributed by atoms with Crippen molar-refractivity contribution in [2.45, 2.75) is 105 Å². The number of hydrogen-bond acceptors (Lipinski definition) is 9. The number of aliphatic hydroxyl groups excluding tert-OH is 2. The first-order valence-corrected chi connectivity index (χ1v) is 14.6. The molecule has 0 aromatic carbocycles. The first kappa shape index (κ1) is 34.4. The van der Waals surface area contributed by atoms with Gasteiger partial charge in [0, 0.05) is 24.8 Å². The van der Waals surface area contributed by atoms with Crippen LogP contribution in [0.3, 0.4) is 0 Å². The molecule has 0 aliphatic carbocycles. The lowest BCUT2D eigenvalue weighted by atomic mass is 9.73. The Labute approximate surface area is 233 Å². The van der Waals surface area contributed by atoms with Crippen LogP contribution in [0.5, 0.6) is 0 Å². The number of aliphatic hydroxyl groups is 2. The minimum atomic E-state index is -1.15. The summed E-state index contributed by atoms with van der Waals surface area (Å²) in [6.45, 7) is 12.0. The van der Waals surface area contributed by atoms with E-state index in [1.165, 1.54) is 5.57 Å². The number of ether oxygens (including phenoxy) is 2. The number of methoxy groups -OCH3 is 1. The van der Waals surface area contributed by atoms with Crippen LogP contribution in [0.25, 0.3) is 6.08 Å². The summed E-state index contributed by atoms with van der Waals surface area (Å²) in [5, 5.41) is 24.2. The minimum Gasteiger partial charge on any atom is -0.466 e. The van der Waals surface area contributed by atoms with Crippen LogP contribution in [0, 0.1) is 17.3 Å². The first-order valence-electron chi connectivity index (χ1n) is 13.7. The van der Waals surface area contributed by atoms with E-state index in [1.54, 1.807) is 39.2 Å². The van der Waals surface area contributed by atoms with E-state index >= 15 is 0 Å². The Morgan fingerprint density at radius 1 is 1.21 bits per heavy atom. The number of aromatic nitrogens is 1. The summed E-state index contributed by atoms with van der Waals surface area (Å²) in [6, 6.07) is 0. The Morgan fingerprint density at radius 2 is 1.87 bits per heavy atom. The summed E-state index contributed by atoms with van der Waals surface area (Å²) < 4.78 is 10.7. The van der Waals surface area contributed by atoms with E-state index in [4.69, 9.17) is 15.2 Å². The molecule has 0 bridgehead atoms. The van der Waals surface area contributed by atoms with Gasteiger partial charge in [-0.15, -0.1) is 11.3 Å². The van der Waals surface area contributed by atoms with E-state index in [9.17, 15) is 19.8 Å². The van der Waals surface area contributed by atoms with E-state index in [0.29, 0.717) is 13.0 Å². The van der Waals surface area contributed by atoms with Gasteiger partial charge in [0.25, 0.3) is 0 Å². The smallest absolute Gasteiger partial charge is 0.308 e. The molecule has 0 saturated carbocycles. The maximum absolute atomic E-state index is 12.8. The van der Waals surface area contributed by atoms with Gasteiger partial charge in [-0.1, -0.05) is 39.7 Å². The Bertz CT molecular complexity index is 880. The lowest BCUT2D eigenvalue weighted by Gasteiger charge is -2.34. The number of carbonyl (C=O) groups is 2. The lowest BCUT2D eigenvalue weighted by Crippen LogP contribution is -2.45. The van der Waals surface area contributed by atoms with Crippen molar-refractivity contribution in [1.29, 1.82) is 0 Å². The number of rotatable bonds is 4. The van der Waals surface area contributed by atoms with Crippen molar-refractivity contribution in [1.82, 2.24) is 4.98 Å². The fraction of sp³-hybridized carbons (Fsp3) is 0.759. The number of nitrogens with zero attached hydrogens (tertiary/aromatic N) is 1. The Balaban J connectivity index is 0.000000499. The summed E-state index contributed by atoms with van der Waals surface area (Å²) in [7, 11) is 1.67. The molecular weight excluding hydrogens is 504 g/mol. The van der Waals surface area contributed by atoms with Gasteiger partial charge in [-0.25, -0.2) is 4.98 Å². The molecule has 38 heavy (non-hydrogen) atoms. The Hall–Kier alpha value is -1.65. The zero-order valence-electron chi connectivity index (χ0n) is 24.4. The summed E-state index contributed by atoms with van der Waals surface area (Å²) in [5.74, 6) is -1.39. The van der Waals surface area contributed by atoms with E-state index < -0.39 is 29.5 Å². The van der Waals surface area contributed by atoms with Crippen LogP contribution < -0.4 is 5.73 Å². The first-order chi connectivity index (χ1) is 17.8. The monoisotopic (exact) mass is 554 g/mol. The summed E-state index contributed by atoms with van der Waals surface area (Å²) >= 11 is 1.68. The number of ketones is 1. The van der Waals surface area contributed by atoms with Crippen LogP contribution in [0.2, 0.25) is 0 Å². The highest BCUT2D eigenvalue weighted by molar-refractivity contribution is 7.09. The second kappa shape index (κ2) is 17.1. The highest BCUT2D eigenvalue weighted by atomic mass is 32.1. The van der Waals surface area contributed by atoms with Gasteiger partial charge in [0.15, 0.2) is 0 Å². The molecule has 0 spiro atoms. The van der Waals surface area contributed by atoms with E-state index in [-0.39, 0.29) is 30.8 Å². The molecule has 2 heterocycles. The van der Waals surface area contributed by atoms with Gasteiger partial charge in [-0.3, -0.25) is 9.59 Å². The summed E-state index contributed by atoms with van der Waals surface area (Å²) in [6.07, 6.45) is 4.95. The van der Waals surface area contributed by atoms with Crippen LogP contribution in [-0.2, 0) is 25.5 Å². The van der Waals surface area contributed by atoms with Crippen LogP contribution in [0.15, 0.2) is 11.0 Å². The average molecular weight is 555 g/mol. The maximum Gasteiger partial charge on any atom is 0.308 e. The van der Waals surface area contributed by atoms with Crippen molar-refractivity contribution < 1.29 is 29.3 Å². The number of carbonyl (C=O) groups excluding carboxylic acids is 2. The van der Waals surface area contributed by atoms with E-state index in [1.807, 2.05) is 6.92 Å². The van der Waals surface area contributed by atoms with Crippen molar-refractivity contribution in [3.63, 3.8) is 0 Å². The molecule has 9 heteroatoms. The fourth-order valence-electron chi connectivity index (χ4n) is 4.51. The van der Waals surface area contributed by atoms with Crippen molar-refractivity contribution in [3.8, 4) is 0 Å². The van der Waals surface area contributed by atoms with Crippen LogP contribution in [-0.4, -0.2) is 65.5 Å². The fourth-order valence-corrected chi connectivity index (χ4v) is 5.28. The number of nitrogens with two attached hydrogens (primary N) is 1. The second-order valence-electron chi connectivity index (χ2n) is 11.1. The summed E-state index contributed by atoms with van der Waals surface area (Å²) in [5.41, 5.74) is 6.63. The molecule has 0 amide bonds. The Morgan fingerprint density at radius 3 is 2.47 bits per heavy atom. The third-order valence-electron chi connectivity index (χ3n) is 7.15. The van der Waals surface area contributed by atoms with Gasteiger partial charge >= 0.3 is 5.97 Å².